The number of nitrogens with zero attached hydrogens (tertiary/aromatic N) is 3. The fourth-order valence-electron chi connectivity index (χ4n) is 3.03. The highest BCUT2D eigenvalue weighted by Crippen LogP contribution is 2.13. The van der Waals surface area contributed by atoms with Crippen LogP contribution in [0.1, 0.15) is 26.3 Å². The molecule has 1 aromatic rings. The molecule has 1 aliphatic heterocycles. The highest BCUT2D eigenvalue weighted by atomic mass is 16.5. The molecule has 0 spiro atoms. The summed E-state index contributed by atoms with van der Waals surface area (Å²) in [5, 5.41) is 3.40. The molecule has 1 N–H and O–H groups in total. The Bertz CT molecular complexity index is 541. The topological polar surface area (TPSA) is 49.3 Å². The molecule has 6 nitrogen and oxygen atoms in total. The van der Waals surface area contributed by atoms with E-state index in [9.17, 15) is 0 Å². The fraction of sp³-hybridized carbons (Fsp3) is 0.650. The number of nitrogens with one attached hydrogen (secondary N) is 1. The summed E-state index contributed by atoms with van der Waals surface area (Å²) in [5.74, 6) is 1.86. The summed E-state index contributed by atoms with van der Waals surface area (Å²) in [4.78, 5) is 9.48. The molecule has 0 saturated carbocycles. The van der Waals surface area contributed by atoms with Gasteiger partial charge in [-0.2, -0.15) is 0 Å². The van der Waals surface area contributed by atoms with Crippen LogP contribution in [0.5, 0.6) is 5.75 Å². The Kier molecular flexibility index (Phi) is 8.71. The van der Waals surface area contributed by atoms with Crippen LogP contribution in [0.3, 0.4) is 0 Å². The molecule has 1 aliphatic rings. The Labute approximate surface area is 158 Å². The maximum absolute atomic E-state index is 5.51. The quantitative estimate of drug-likeness (QED) is 0.568. The minimum absolute atomic E-state index is 0.423. The van der Waals surface area contributed by atoms with Crippen LogP contribution in [0.25, 0.3) is 0 Å². The Morgan fingerprint density at radius 2 is 1.96 bits per heavy atom. The molecule has 0 aromatic heterocycles. The van der Waals surface area contributed by atoms with E-state index in [1.54, 1.807) is 0 Å². The molecule has 1 unspecified atom stereocenters. The van der Waals surface area contributed by atoms with E-state index in [0.717, 1.165) is 57.6 Å². The lowest BCUT2D eigenvalue weighted by molar-refractivity contribution is 0.0220. The minimum Gasteiger partial charge on any atom is -0.494 e. The molecule has 0 aliphatic carbocycles. The third-order valence-corrected chi connectivity index (χ3v) is 4.52. The maximum atomic E-state index is 5.51. The zero-order chi connectivity index (χ0) is 18.8. The van der Waals surface area contributed by atoms with Gasteiger partial charge in [0.15, 0.2) is 5.96 Å². The molecular weight excluding hydrogens is 328 g/mol. The summed E-state index contributed by atoms with van der Waals surface area (Å²) in [7, 11) is 2.08. The zero-order valence-electron chi connectivity index (χ0n) is 16.7. The standard InChI is InChI=1S/C20H34N4O2/c1-5-21-20(22-15-17(3)24-11-13-25-14-12-24)23(4)16-18-7-9-19(10-8-18)26-6-2/h7-10,17H,5-6,11-16H2,1-4H3,(H,21,22). The Morgan fingerprint density at radius 3 is 2.58 bits per heavy atom. The number of aliphatic imine (C=N–C) groups is 1. The van der Waals surface area contributed by atoms with E-state index in [1.807, 2.05) is 19.1 Å². The van der Waals surface area contributed by atoms with Crippen molar-refractivity contribution in [3.63, 3.8) is 0 Å². The Hall–Kier alpha value is -1.79. The molecule has 0 amide bonds. The van der Waals surface area contributed by atoms with Crippen molar-refractivity contribution >= 4 is 5.96 Å². The van der Waals surface area contributed by atoms with E-state index in [4.69, 9.17) is 14.5 Å². The summed E-state index contributed by atoms with van der Waals surface area (Å²) in [5.41, 5.74) is 1.24. The molecule has 6 heteroatoms. The van der Waals surface area contributed by atoms with Crippen molar-refractivity contribution in [2.45, 2.75) is 33.4 Å². The van der Waals surface area contributed by atoms with Crippen molar-refractivity contribution in [1.29, 1.82) is 0 Å². The molecule has 1 fully saturated rings. The summed E-state index contributed by atoms with van der Waals surface area (Å²) in [6.07, 6.45) is 0. The summed E-state index contributed by atoms with van der Waals surface area (Å²) in [6.45, 7) is 13.1. The van der Waals surface area contributed by atoms with Crippen LogP contribution in [-0.4, -0.2) is 74.8 Å². The number of benzene rings is 1. The molecule has 1 atom stereocenters. The highest BCUT2D eigenvalue weighted by Gasteiger charge is 2.17. The van der Waals surface area contributed by atoms with E-state index >= 15 is 0 Å². The summed E-state index contributed by atoms with van der Waals surface area (Å²) >= 11 is 0. The summed E-state index contributed by atoms with van der Waals surface area (Å²) in [6, 6.07) is 8.70. The molecule has 0 radical (unpaired) electrons. The Morgan fingerprint density at radius 1 is 1.27 bits per heavy atom. The number of morpholine rings is 1. The lowest BCUT2D eigenvalue weighted by Gasteiger charge is -2.32. The predicted molar refractivity (Wildman–Crippen MR) is 107 cm³/mol. The third-order valence-electron chi connectivity index (χ3n) is 4.52. The minimum atomic E-state index is 0.423. The molecular formula is C20H34N4O2. The van der Waals surface area contributed by atoms with E-state index in [1.165, 1.54) is 5.56 Å². The van der Waals surface area contributed by atoms with Crippen molar-refractivity contribution in [3.8, 4) is 5.75 Å². The second kappa shape index (κ2) is 11.0. The van der Waals surface area contributed by atoms with Crippen LogP contribution < -0.4 is 10.1 Å². The highest BCUT2D eigenvalue weighted by molar-refractivity contribution is 5.79. The molecule has 1 aromatic carbocycles. The van der Waals surface area contributed by atoms with E-state index in [2.05, 4.69) is 48.1 Å². The lowest BCUT2D eigenvalue weighted by Crippen LogP contribution is -2.44. The SMILES string of the molecule is CCNC(=NCC(C)N1CCOCC1)N(C)Cc1ccc(OCC)cc1. The molecule has 1 saturated heterocycles. The van der Waals surface area contributed by atoms with Gasteiger partial charge in [0.05, 0.1) is 26.4 Å². The van der Waals surface area contributed by atoms with Gasteiger partial charge in [0, 0.05) is 39.3 Å². The van der Waals surface area contributed by atoms with E-state index < -0.39 is 0 Å². The number of hydrogen-bond donors (Lipinski definition) is 1. The van der Waals surface area contributed by atoms with E-state index in [0.29, 0.717) is 12.6 Å². The van der Waals surface area contributed by atoms with Gasteiger partial charge in [-0.15, -0.1) is 0 Å². The van der Waals surface area contributed by atoms with Gasteiger partial charge in [0.25, 0.3) is 0 Å². The number of ether oxygens (including phenoxy) is 2. The average molecular weight is 363 g/mol. The summed E-state index contributed by atoms with van der Waals surface area (Å²) < 4.78 is 10.9. The van der Waals surface area contributed by atoms with Crippen molar-refractivity contribution < 1.29 is 9.47 Å². The normalized spacial score (nSPS) is 17.0. The Balaban J connectivity index is 1.93. The smallest absolute Gasteiger partial charge is 0.194 e. The molecule has 1 heterocycles. The number of rotatable bonds is 8. The average Bonchev–Trinajstić information content (AvgIpc) is 2.67. The monoisotopic (exact) mass is 362 g/mol. The first-order valence-corrected chi connectivity index (χ1v) is 9.67. The van der Waals surface area contributed by atoms with Gasteiger partial charge in [-0.05, 0) is 38.5 Å². The zero-order valence-corrected chi connectivity index (χ0v) is 16.7. The van der Waals surface area contributed by atoms with Gasteiger partial charge in [0.1, 0.15) is 5.75 Å². The fourth-order valence-corrected chi connectivity index (χ4v) is 3.03. The van der Waals surface area contributed by atoms with Gasteiger partial charge in [-0.3, -0.25) is 9.89 Å². The lowest BCUT2D eigenvalue weighted by atomic mass is 10.2. The van der Waals surface area contributed by atoms with Crippen LogP contribution in [0.2, 0.25) is 0 Å². The first-order valence-electron chi connectivity index (χ1n) is 9.67. The van der Waals surface area contributed by atoms with Crippen LogP contribution in [-0.2, 0) is 11.3 Å². The van der Waals surface area contributed by atoms with Gasteiger partial charge in [0.2, 0.25) is 0 Å². The molecule has 0 bridgehead atoms. The van der Waals surface area contributed by atoms with Gasteiger partial charge < -0.3 is 19.7 Å². The van der Waals surface area contributed by atoms with Gasteiger partial charge in [-0.1, -0.05) is 12.1 Å². The van der Waals surface area contributed by atoms with Crippen LogP contribution in [0.15, 0.2) is 29.3 Å². The van der Waals surface area contributed by atoms with Crippen molar-refractivity contribution in [1.82, 2.24) is 15.1 Å². The molecule has 26 heavy (non-hydrogen) atoms. The van der Waals surface area contributed by atoms with Gasteiger partial charge in [-0.25, -0.2) is 0 Å². The molecule has 2 rings (SSSR count). The van der Waals surface area contributed by atoms with Crippen molar-refractivity contribution in [3.05, 3.63) is 29.8 Å². The number of guanidine groups is 1. The first kappa shape index (κ1) is 20.5. The predicted octanol–water partition coefficient (Wildman–Crippen LogP) is 2.20. The third kappa shape index (κ3) is 6.50. The second-order valence-corrected chi connectivity index (χ2v) is 6.63. The maximum Gasteiger partial charge on any atom is 0.194 e. The molecule has 146 valence electrons. The van der Waals surface area contributed by atoms with Crippen LogP contribution in [0.4, 0.5) is 0 Å². The second-order valence-electron chi connectivity index (χ2n) is 6.63. The van der Waals surface area contributed by atoms with Crippen LogP contribution in [0, 0.1) is 0 Å². The largest absolute Gasteiger partial charge is 0.494 e. The van der Waals surface area contributed by atoms with Crippen molar-refractivity contribution in [2.75, 3.05) is 53.0 Å². The van der Waals surface area contributed by atoms with Crippen LogP contribution >= 0.6 is 0 Å². The number of hydrogen-bond acceptors (Lipinski definition) is 4. The van der Waals surface area contributed by atoms with Crippen molar-refractivity contribution in [2.24, 2.45) is 4.99 Å². The van der Waals surface area contributed by atoms with Gasteiger partial charge >= 0.3 is 0 Å². The van der Waals surface area contributed by atoms with E-state index in [-0.39, 0.29) is 0 Å². The first-order chi connectivity index (χ1) is 12.6.